The van der Waals surface area contributed by atoms with E-state index >= 15 is 0 Å². The number of esters is 1. The van der Waals surface area contributed by atoms with Gasteiger partial charge in [0.2, 0.25) is 5.69 Å². The highest BCUT2D eigenvalue weighted by molar-refractivity contribution is 5.89. The smallest absolute Gasteiger partial charge is 0.410 e. The van der Waals surface area contributed by atoms with Crippen LogP contribution in [0.2, 0.25) is 0 Å². The van der Waals surface area contributed by atoms with E-state index in [4.69, 9.17) is 9.47 Å². The molecule has 0 aliphatic carbocycles. The van der Waals surface area contributed by atoms with E-state index in [1.807, 2.05) is 30.4 Å². The van der Waals surface area contributed by atoms with Gasteiger partial charge >= 0.3 is 12.1 Å². The monoisotopic (exact) mass is 383 g/mol. The van der Waals surface area contributed by atoms with Crippen LogP contribution in [0.1, 0.15) is 36.3 Å². The highest BCUT2D eigenvalue weighted by Gasteiger charge is 2.42. The second-order valence-electron chi connectivity index (χ2n) is 6.87. The molecule has 8 nitrogen and oxygen atoms in total. The molecule has 2 bridgehead atoms. The van der Waals surface area contributed by atoms with Crippen LogP contribution in [0.15, 0.2) is 41.2 Å². The summed E-state index contributed by atoms with van der Waals surface area (Å²) in [7, 11) is 1.36. The number of fused-ring (bicyclic) bond motifs is 3. The summed E-state index contributed by atoms with van der Waals surface area (Å²) in [6.07, 6.45) is 4.68. The van der Waals surface area contributed by atoms with E-state index in [1.165, 1.54) is 7.11 Å². The number of ether oxygens (including phenoxy) is 2. The van der Waals surface area contributed by atoms with Gasteiger partial charge < -0.3 is 14.0 Å². The molecule has 1 amide bonds. The summed E-state index contributed by atoms with van der Waals surface area (Å²) in [5.74, 6) is -0.722. The number of piperidine rings is 1. The van der Waals surface area contributed by atoms with Gasteiger partial charge in [-0.1, -0.05) is 24.3 Å². The number of carbonyl (C=O) groups is 2. The van der Waals surface area contributed by atoms with Gasteiger partial charge in [0.25, 0.3) is 5.56 Å². The molecule has 8 heteroatoms. The van der Waals surface area contributed by atoms with Crippen molar-refractivity contribution in [3.05, 3.63) is 52.5 Å². The maximum atomic E-state index is 13.2. The number of amides is 1. The summed E-state index contributed by atoms with van der Waals surface area (Å²) < 4.78 is 11.5. The molecule has 0 unspecified atom stereocenters. The van der Waals surface area contributed by atoms with E-state index in [2.05, 4.69) is 4.98 Å². The van der Waals surface area contributed by atoms with Crippen molar-refractivity contribution in [3.8, 4) is 0 Å². The number of hydrogen-bond donors (Lipinski definition) is 0. The van der Waals surface area contributed by atoms with Crippen molar-refractivity contribution >= 4 is 23.1 Å². The van der Waals surface area contributed by atoms with Crippen molar-refractivity contribution in [1.29, 1.82) is 0 Å². The van der Waals surface area contributed by atoms with Crippen LogP contribution in [-0.2, 0) is 9.47 Å². The third kappa shape index (κ3) is 2.85. The molecule has 3 heterocycles. The summed E-state index contributed by atoms with van der Waals surface area (Å²) in [5.41, 5.74) is 0.543. The molecule has 4 rings (SSSR count). The van der Waals surface area contributed by atoms with Gasteiger partial charge in [-0.25, -0.2) is 14.6 Å². The molecule has 1 fully saturated rings. The second-order valence-corrected chi connectivity index (χ2v) is 6.87. The van der Waals surface area contributed by atoms with Gasteiger partial charge in [0.05, 0.1) is 36.8 Å². The normalized spacial score (nSPS) is 23.1. The van der Waals surface area contributed by atoms with Gasteiger partial charge in [0, 0.05) is 6.04 Å². The Morgan fingerprint density at radius 2 is 1.86 bits per heavy atom. The fourth-order valence-corrected chi connectivity index (χ4v) is 4.16. The minimum atomic E-state index is -0.722. The molecule has 2 aliphatic heterocycles. The molecule has 0 N–H and O–H groups in total. The van der Waals surface area contributed by atoms with Crippen LogP contribution in [0.4, 0.5) is 4.79 Å². The molecule has 1 aromatic carbocycles. The largest absolute Gasteiger partial charge is 0.461 e. The van der Waals surface area contributed by atoms with E-state index in [-0.39, 0.29) is 36.5 Å². The van der Waals surface area contributed by atoms with E-state index < -0.39 is 11.5 Å². The number of nitrogens with zero attached hydrogens (tertiary/aromatic N) is 3. The van der Waals surface area contributed by atoms with Crippen molar-refractivity contribution in [2.75, 3.05) is 13.7 Å². The minimum absolute atomic E-state index is 0.152. The summed E-state index contributed by atoms with van der Waals surface area (Å²) in [6.45, 7) is 1.85. The molecule has 0 spiro atoms. The van der Waals surface area contributed by atoms with Gasteiger partial charge in [-0.15, -0.1) is 0 Å². The number of benzene rings is 1. The van der Waals surface area contributed by atoms with Crippen LogP contribution in [0, 0.1) is 0 Å². The molecule has 1 saturated heterocycles. The molecular formula is C20H21N3O5. The van der Waals surface area contributed by atoms with E-state index in [9.17, 15) is 14.4 Å². The van der Waals surface area contributed by atoms with Gasteiger partial charge in [-0.05, 0) is 31.9 Å². The van der Waals surface area contributed by atoms with Gasteiger partial charge in [-0.2, -0.15) is 0 Å². The van der Waals surface area contributed by atoms with E-state index in [0.717, 1.165) is 0 Å². The fraction of sp³-hybridized carbons (Fsp3) is 0.400. The lowest BCUT2D eigenvalue weighted by Crippen LogP contribution is -2.49. The number of aromatic nitrogens is 2. The first-order chi connectivity index (χ1) is 13.5. The number of methoxy groups -OCH3 is 1. The average Bonchev–Trinajstić information content (AvgIpc) is 2.96. The molecule has 1 aromatic heterocycles. The van der Waals surface area contributed by atoms with Crippen LogP contribution in [0.3, 0.4) is 0 Å². The minimum Gasteiger partial charge on any atom is -0.461 e. The molecule has 2 atom stereocenters. The van der Waals surface area contributed by atoms with Crippen molar-refractivity contribution in [1.82, 2.24) is 14.5 Å². The quantitative estimate of drug-likeness (QED) is 0.597. The zero-order valence-electron chi connectivity index (χ0n) is 15.7. The maximum absolute atomic E-state index is 13.2. The summed E-state index contributed by atoms with van der Waals surface area (Å²) in [4.78, 5) is 43.5. The molecule has 0 saturated carbocycles. The van der Waals surface area contributed by atoms with Crippen molar-refractivity contribution in [2.45, 2.75) is 37.9 Å². The lowest BCUT2D eigenvalue weighted by molar-refractivity contribution is 0.0516. The summed E-state index contributed by atoms with van der Waals surface area (Å²) in [5, 5.41) is 0. The van der Waals surface area contributed by atoms with Crippen LogP contribution in [-0.4, -0.2) is 52.3 Å². The topological polar surface area (TPSA) is 90.7 Å². The highest BCUT2D eigenvalue weighted by Crippen LogP contribution is 2.37. The van der Waals surface area contributed by atoms with Crippen LogP contribution < -0.4 is 5.56 Å². The van der Waals surface area contributed by atoms with Gasteiger partial charge in [0.15, 0.2) is 0 Å². The molecule has 0 radical (unpaired) electrons. The van der Waals surface area contributed by atoms with Crippen LogP contribution >= 0.6 is 0 Å². The Labute approximate surface area is 161 Å². The number of hydrogen-bond acceptors (Lipinski definition) is 6. The number of carbonyl (C=O) groups excluding carboxylic acids is 2. The Hall–Kier alpha value is -3.16. The van der Waals surface area contributed by atoms with Crippen molar-refractivity contribution in [3.63, 3.8) is 0 Å². The van der Waals surface area contributed by atoms with E-state index in [0.29, 0.717) is 23.9 Å². The highest BCUT2D eigenvalue weighted by atomic mass is 16.5. The average molecular weight is 383 g/mol. The Morgan fingerprint density at radius 1 is 1.18 bits per heavy atom. The molecule has 2 aromatic rings. The number of para-hydroxylation sites is 2. The predicted octanol–water partition coefficient (Wildman–Crippen LogP) is 2.28. The molecular weight excluding hydrogens is 362 g/mol. The standard InChI is InChI=1S/C20H21N3O5/c1-3-28-19(25)17-18(24)23(16-7-5-4-6-15(16)21-17)14-10-12-8-9-13(11-14)22(12)20(26)27-2/h4-9,12-14H,3,10-11H2,1-2H3/t12-,13-/m1/s1. The third-order valence-electron chi connectivity index (χ3n) is 5.31. The lowest BCUT2D eigenvalue weighted by atomic mass is 9.96. The third-order valence-corrected chi connectivity index (χ3v) is 5.31. The maximum Gasteiger partial charge on any atom is 0.410 e. The predicted molar refractivity (Wildman–Crippen MR) is 101 cm³/mol. The Balaban J connectivity index is 1.79. The van der Waals surface area contributed by atoms with Gasteiger partial charge in [0.1, 0.15) is 0 Å². The van der Waals surface area contributed by atoms with Crippen molar-refractivity contribution < 1.29 is 19.1 Å². The van der Waals surface area contributed by atoms with Crippen molar-refractivity contribution in [2.24, 2.45) is 0 Å². The lowest BCUT2D eigenvalue weighted by Gasteiger charge is -2.39. The number of rotatable bonds is 3. The van der Waals surface area contributed by atoms with Crippen LogP contribution in [0.5, 0.6) is 0 Å². The molecule has 2 aliphatic rings. The fourth-order valence-electron chi connectivity index (χ4n) is 4.16. The molecule has 146 valence electrons. The summed E-state index contributed by atoms with van der Waals surface area (Å²) in [6, 6.07) is 6.75. The first-order valence-corrected chi connectivity index (χ1v) is 9.28. The van der Waals surface area contributed by atoms with Crippen LogP contribution in [0.25, 0.3) is 11.0 Å². The first kappa shape index (κ1) is 18.2. The zero-order chi connectivity index (χ0) is 19.8. The Morgan fingerprint density at radius 3 is 2.50 bits per heavy atom. The summed E-state index contributed by atoms with van der Waals surface area (Å²) >= 11 is 0. The van der Waals surface area contributed by atoms with Gasteiger partial charge in [-0.3, -0.25) is 9.69 Å². The van der Waals surface area contributed by atoms with E-state index in [1.54, 1.807) is 22.5 Å². The Bertz CT molecular complexity index is 1010. The zero-order valence-corrected chi connectivity index (χ0v) is 15.7. The Kier molecular flexibility index (Phi) is 4.62. The molecule has 28 heavy (non-hydrogen) atoms. The first-order valence-electron chi connectivity index (χ1n) is 9.28. The SMILES string of the molecule is CCOC(=O)c1nc2ccccc2n(C2C[C@H]3C=C[C@H](C2)N3C(=O)OC)c1=O. The second kappa shape index (κ2) is 7.10.